The monoisotopic (exact) mass is 344 g/mol. The maximum absolute atomic E-state index is 10.5. The summed E-state index contributed by atoms with van der Waals surface area (Å²) < 4.78 is 0. The standard InChI is InChI=1S/C21H30O2.C2H6/c1-5-6-7-8-16-12-19(22)21(20(23)13-16)18-11-15(4)9-10-17(18)14(2)3;1-2/h11-13,17-18,22-23H,2,5-10H2,1,3-4H3;1-2H3. The second-order valence-electron chi connectivity index (χ2n) is 7.04. The number of hydrogen-bond acceptors (Lipinski definition) is 2. The van der Waals surface area contributed by atoms with Gasteiger partial charge in [0.25, 0.3) is 0 Å². The molecule has 0 bridgehead atoms. The zero-order valence-electron chi connectivity index (χ0n) is 16.7. The Hall–Kier alpha value is -1.70. The predicted octanol–water partition coefficient (Wildman–Crippen LogP) is 6.87. The predicted molar refractivity (Wildman–Crippen MR) is 108 cm³/mol. The average molecular weight is 345 g/mol. The van der Waals surface area contributed by atoms with E-state index in [0.29, 0.717) is 5.56 Å². The Kier molecular flexibility index (Phi) is 8.82. The molecule has 2 atom stereocenters. The van der Waals surface area contributed by atoms with Crippen molar-refractivity contribution in [2.75, 3.05) is 0 Å². The molecule has 0 aliphatic heterocycles. The van der Waals surface area contributed by atoms with Crippen LogP contribution in [0.3, 0.4) is 0 Å². The van der Waals surface area contributed by atoms with E-state index in [1.165, 1.54) is 18.4 Å². The normalized spacial score (nSPS) is 19.6. The average Bonchev–Trinajstić information content (AvgIpc) is 2.56. The van der Waals surface area contributed by atoms with Gasteiger partial charge in [-0.2, -0.15) is 0 Å². The van der Waals surface area contributed by atoms with E-state index >= 15 is 0 Å². The topological polar surface area (TPSA) is 40.5 Å². The Labute approximate surface area is 154 Å². The van der Waals surface area contributed by atoms with Crippen molar-refractivity contribution in [1.82, 2.24) is 0 Å². The lowest BCUT2D eigenvalue weighted by Gasteiger charge is -2.31. The van der Waals surface area contributed by atoms with Crippen LogP contribution in [-0.4, -0.2) is 10.2 Å². The maximum Gasteiger partial charge on any atom is 0.123 e. The van der Waals surface area contributed by atoms with Crippen LogP contribution in [0, 0.1) is 5.92 Å². The highest BCUT2D eigenvalue weighted by Gasteiger charge is 2.29. The van der Waals surface area contributed by atoms with Gasteiger partial charge >= 0.3 is 0 Å². The molecule has 1 aliphatic carbocycles. The summed E-state index contributed by atoms with van der Waals surface area (Å²) in [6, 6.07) is 3.66. The van der Waals surface area contributed by atoms with Crippen LogP contribution in [-0.2, 0) is 6.42 Å². The van der Waals surface area contributed by atoms with Crippen molar-refractivity contribution in [3.63, 3.8) is 0 Å². The van der Waals surface area contributed by atoms with Gasteiger partial charge in [0.2, 0.25) is 0 Å². The number of phenols is 2. The highest BCUT2D eigenvalue weighted by Crippen LogP contribution is 2.46. The van der Waals surface area contributed by atoms with Gasteiger partial charge in [0.05, 0.1) is 0 Å². The minimum atomic E-state index is 0.0194. The van der Waals surface area contributed by atoms with Crippen LogP contribution in [0.25, 0.3) is 0 Å². The summed E-state index contributed by atoms with van der Waals surface area (Å²) in [5, 5.41) is 21.1. The van der Waals surface area contributed by atoms with Crippen LogP contribution in [0.1, 0.15) is 83.8 Å². The molecule has 0 spiro atoms. The van der Waals surface area contributed by atoms with E-state index in [1.807, 2.05) is 32.9 Å². The lowest BCUT2D eigenvalue weighted by molar-refractivity contribution is 0.406. The molecule has 140 valence electrons. The molecule has 0 heterocycles. The summed E-state index contributed by atoms with van der Waals surface area (Å²) in [6.45, 7) is 14.4. The first kappa shape index (κ1) is 21.3. The third kappa shape index (κ3) is 5.66. The van der Waals surface area contributed by atoms with Gasteiger partial charge in [-0.05, 0) is 63.1 Å². The number of phenolic OH excluding ortho intramolecular Hbond substituents is 2. The summed E-state index contributed by atoms with van der Waals surface area (Å²) in [7, 11) is 0. The van der Waals surface area contributed by atoms with Gasteiger partial charge in [0, 0.05) is 11.5 Å². The van der Waals surface area contributed by atoms with Crippen molar-refractivity contribution in [3.05, 3.63) is 47.1 Å². The number of rotatable bonds is 6. The summed E-state index contributed by atoms with van der Waals surface area (Å²) >= 11 is 0. The van der Waals surface area contributed by atoms with E-state index in [1.54, 1.807) is 0 Å². The second-order valence-corrected chi connectivity index (χ2v) is 7.04. The van der Waals surface area contributed by atoms with Gasteiger partial charge in [-0.3, -0.25) is 0 Å². The Morgan fingerprint density at radius 1 is 1.16 bits per heavy atom. The molecule has 2 rings (SSSR count). The highest BCUT2D eigenvalue weighted by molar-refractivity contribution is 5.51. The molecule has 0 saturated heterocycles. The van der Waals surface area contributed by atoms with Crippen LogP contribution in [0.15, 0.2) is 35.9 Å². The molecule has 25 heavy (non-hydrogen) atoms. The zero-order chi connectivity index (χ0) is 19.0. The summed E-state index contributed by atoms with van der Waals surface area (Å²) in [4.78, 5) is 0. The molecule has 0 amide bonds. The quantitative estimate of drug-likeness (QED) is 0.436. The smallest absolute Gasteiger partial charge is 0.123 e. The van der Waals surface area contributed by atoms with E-state index in [4.69, 9.17) is 0 Å². The fourth-order valence-corrected chi connectivity index (χ4v) is 3.65. The molecule has 2 nitrogen and oxygen atoms in total. The fraction of sp³-hybridized carbons (Fsp3) is 0.565. The van der Waals surface area contributed by atoms with Crippen molar-refractivity contribution < 1.29 is 10.2 Å². The van der Waals surface area contributed by atoms with Gasteiger partial charge in [0.1, 0.15) is 11.5 Å². The number of allylic oxidation sites excluding steroid dienone is 3. The Morgan fingerprint density at radius 2 is 1.76 bits per heavy atom. The van der Waals surface area contributed by atoms with Gasteiger partial charge in [0.15, 0.2) is 0 Å². The Balaban J connectivity index is 0.00000151. The Morgan fingerprint density at radius 3 is 2.28 bits per heavy atom. The number of aryl methyl sites for hydroxylation is 1. The fourth-order valence-electron chi connectivity index (χ4n) is 3.65. The third-order valence-corrected chi connectivity index (χ3v) is 4.98. The zero-order valence-corrected chi connectivity index (χ0v) is 16.7. The van der Waals surface area contributed by atoms with Crippen LogP contribution >= 0.6 is 0 Å². The van der Waals surface area contributed by atoms with E-state index in [-0.39, 0.29) is 23.3 Å². The molecular weight excluding hydrogens is 308 g/mol. The summed E-state index contributed by atoms with van der Waals surface area (Å²) in [5.41, 5.74) is 4.11. The molecule has 1 aromatic carbocycles. The van der Waals surface area contributed by atoms with Crippen molar-refractivity contribution in [3.8, 4) is 11.5 Å². The molecular formula is C23H36O2. The van der Waals surface area contributed by atoms with Crippen LogP contribution in [0.5, 0.6) is 11.5 Å². The first-order chi connectivity index (χ1) is 11.9. The minimum Gasteiger partial charge on any atom is -0.507 e. The summed E-state index contributed by atoms with van der Waals surface area (Å²) in [5.74, 6) is 0.741. The molecule has 0 aromatic heterocycles. The highest BCUT2D eigenvalue weighted by atomic mass is 16.3. The van der Waals surface area contributed by atoms with Crippen LogP contribution < -0.4 is 0 Å². The van der Waals surface area contributed by atoms with Crippen molar-refractivity contribution >= 4 is 0 Å². The lowest BCUT2D eigenvalue weighted by atomic mass is 9.73. The van der Waals surface area contributed by atoms with Crippen molar-refractivity contribution in [1.29, 1.82) is 0 Å². The first-order valence-electron chi connectivity index (χ1n) is 9.81. The van der Waals surface area contributed by atoms with E-state index in [0.717, 1.165) is 36.8 Å². The van der Waals surface area contributed by atoms with Crippen LogP contribution in [0.2, 0.25) is 0 Å². The molecule has 0 fully saturated rings. The largest absolute Gasteiger partial charge is 0.507 e. The molecule has 2 unspecified atom stereocenters. The number of unbranched alkanes of at least 4 members (excludes halogenated alkanes) is 2. The molecule has 2 heteroatoms. The number of benzene rings is 1. The van der Waals surface area contributed by atoms with Gasteiger partial charge < -0.3 is 10.2 Å². The van der Waals surface area contributed by atoms with Crippen LogP contribution in [0.4, 0.5) is 0 Å². The molecule has 0 saturated carbocycles. The minimum absolute atomic E-state index is 0.0194. The van der Waals surface area contributed by atoms with E-state index in [2.05, 4.69) is 26.5 Å². The SMILES string of the molecule is C=C(C)C1CCC(C)=CC1c1c(O)cc(CCCCC)cc1O.CC. The van der Waals surface area contributed by atoms with Crippen molar-refractivity contribution in [2.24, 2.45) is 5.92 Å². The maximum atomic E-state index is 10.5. The molecule has 1 aromatic rings. The molecule has 2 N–H and O–H groups in total. The number of hydrogen-bond donors (Lipinski definition) is 2. The Bertz CT molecular complexity index is 575. The molecule has 1 aliphatic rings. The van der Waals surface area contributed by atoms with Gasteiger partial charge in [-0.1, -0.05) is 57.4 Å². The first-order valence-corrected chi connectivity index (χ1v) is 9.81. The third-order valence-electron chi connectivity index (χ3n) is 4.98. The van der Waals surface area contributed by atoms with E-state index in [9.17, 15) is 10.2 Å². The second kappa shape index (κ2) is 10.3. The molecule has 0 radical (unpaired) electrons. The van der Waals surface area contributed by atoms with Crippen molar-refractivity contribution in [2.45, 2.75) is 79.1 Å². The van der Waals surface area contributed by atoms with E-state index < -0.39 is 0 Å². The summed E-state index contributed by atoms with van der Waals surface area (Å²) in [6.07, 6.45) is 8.61. The number of aromatic hydroxyl groups is 2. The van der Waals surface area contributed by atoms with Gasteiger partial charge in [-0.15, -0.1) is 0 Å². The lowest BCUT2D eigenvalue weighted by Crippen LogP contribution is -2.17. The van der Waals surface area contributed by atoms with Gasteiger partial charge in [-0.25, -0.2) is 0 Å².